The molecule has 1 aromatic carbocycles. The molecule has 0 spiro atoms. The molecule has 2 heterocycles. The molecule has 0 radical (unpaired) electrons. The van der Waals surface area contributed by atoms with Crippen LogP contribution in [0.1, 0.15) is 40.3 Å². The molecule has 2 aromatic heterocycles. The first-order valence-electron chi connectivity index (χ1n) is 7.95. The molecule has 0 saturated carbocycles. The van der Waals surface area contributed by atoms with Gasteiger partial charge in [-0.1, -0.05) is 30.7 Å². The van der Waals surface area contributed by atoms with Gasteiger partial charge in [0.25, 0.3) is 5.91 Å². The van der Waals surface area contributed by atoms with Gasteiger partial charge in [0.1, 0.15) is 5.69 Å². The number of pyridine rings is 1. The number of carbonyl (C=O) groups is 1. The van der Waals surface area contributed by atoms with E-state index in [1.807, 2.05) is 30.3 Å². The number of benzene rings is 1. The lowest BCUT2D eigenvalue weighted by atomic mass is 10.1. The van der Waals surface area contributed by atoms with Crippen LogP contribution in [-0.4, -0.2) is 15.9 Å². The monoisotopic (exact) mass is 323 g/mol. The highest BCUT2D eigenvalue weighted by atomic mass is 32.1. The smallest absolute Gasteiger partial charge is 0.276 e. The number of amides is 1. The molecule has 0 atom stereocenters. The maximum Gasteiger partial charge on any atom is 0.276 e. The average Bonchev–Trinajstić information content (AvgIpc) is 2.82. The van der Waals surface area contributed by atoms with Gasteiger partial charge in [0.05, 0.1) is 5.69 Å². The van der Waals surface area contributed by atoms with Gasteiger partial charge in [0.15, 0.2) is 5.13 Å². The predicted molar refractivity (Wildman–Crippen MR) is 93.1 cm³/mol. The zero-order valence-corrected chi connectivity index (χ0v) is 13.5. The Morgan fingerprint density at radius 2 is 1.96 bits per heavy atom. The van der Waals surface area contributed by atoms with Crippen LogP contribution >= 0.6 is 11.3 Å². The third-order valence-electron chi connectivity index (χ3n) is 4.20. The van der Waals surface area contributed by atoms with E-state index in [0.29, 0.717) is 10.8 Å². The highest BCUT2D eigenvalue weighted by Gasteiger charge is 2.17. The van der Waals surface area contributed by atoms with Crippen molar-refractivity contribution in [1.29, 1.82) is 0 Å². The lowest BCUT2D eigenvalue weighted by Gasteiger charge is -2.05. The normalized spacial score (nSPS) is 14.3. The van der Waals surface area contributed by atoms with Gasteiger partial charge in [-0.05, 0) is 37.1 Å². The number of nitrogens with zero attached hydrogens (tertiary/aromatic N) is 2. The summed E-state index contributed by atoms with van der Waals surface area (Å²) < 4.78 is 0. The van der Waals surface area contributed by atoms with Gasteiger partial charge in [-0.2, -0.15) is 0 Å². The lowest BCUT2D eigenvalue weighted by molar-refractivity contribution is 0.102. The molecule has 1 aliphatic carbocycles. The van der Waals surface area contributed by atoms with E-state index in [9.17, 15) is 4.79 Å². The molecule has 4 rings (SSSR count). The van der Waals surface area contributed by atoms with Crippen molar-refractivity contribution in [1.82, 2.24) is 9.97 Å². The summed E-state index contributed by atoms with van der Waals surface area (Å²) in [4.78, 5) is 22.8. The molecule has 1 N–H and O–H groups in total. The average molecular weight is 323 g/mol. The van der Waals surface area contributed by atoms with Gasteiger partial charge in [0, 0.05) is 16.5 Å². The Balaban J connectivity index is 1.62. The molecule has 0 bridgehead atoms. The van der Waals surface area contributed by atoms with Gasteiger partial charge in [-0.25, -0.2) is 4.98 Å². The molecule has 4 nitrogen and oxygen atoms in total. The van der Waals surface area contributed by atoms with Crippen LogP contribution in [0.25, 0.3) is 10.8 Å². The molecule has 5 heteroatoms. The Bertz CT molecular complexity index is 843. The summed E-state index contributed by atoms with van der Waals surface area (Å²) in [5, 5.41) is 5.51. The summed E-state index contributed by atoms with van der Waals surface area (Å²) in [5.74, 6) is -0.189. The number of nitrogens with one attached hydrogen (secondary N) is 1. The standard InChI is InChI=1S/C18H17N3OS/c22-17(16-13-7-5-4-6-12(13)10-11-19-16)21-18-20-14-8-2-1-3-9-15(14)23-18/h4-7,10-11H,1-3,8-9H2,(H,20,21,22). The first kappa shape index (κ1) is 14.3. The van der Waals surface area contributed by atoms with E-state index in [0.717, 1.165) is 29.3 Å². The largest absolute Gasteiger partial charge is 0.296 e. The fourth-order valence-electron chi connectivity index (χ4n) is 3.04. The Kier molecular flexibility index (Phi) is 3.79. The number of aromatic nitrogens is 2. The maximum atomic E-state index is 12.6. The SMILES string of the molecule is O=C(Nc1nc2c(s1)CCCCC2)c1nccc2ccccc12. The van der Waals surface area contributed by atoms with Crippen molar-refractivity contribution >= 4 is 33.1 Å². The quantitative estimate of drug-likeness (QED) is 0.719. The van der Waals surface area contributed by atoms with Crippen molar-refractivity contribution in [2.75, 3.05) is 5.32 Å². The van der Waals surface area contributed by atoms with Crippen LogP contribution in [0.2, 0.25) is 0 Å². The number of thiazole rings is 1. The number of fused-ring (bicyclic) bond motifs is 2. The molecule has 1 aliphatic rings. The second-order valence-corrected chi connectivity index (χ2v) is 6.87. The molecule has 3 aromatic rings. The third kappa shape index (κ3) is 2.84. The minimum Gasteiger partial charge on any atom is -0.296 e. The van der Waals surface area contributed by atoms with Crippen molar-refractivity contribution in [2.24, 2.45) is 0 Å². The van der Waals surface area contributed by atoms with Crippen molar-refractivity contribution in [3.05, 3.63) is 52.8 Å². The summed E-state index contributed by atoms with van der Waals surface area (Å²) in [6.07, 6.45) is 7.45. The van der Waals surface area contributed by atoms with Crippen molar-refractivity contribution in [2.45, 2.75) is 32.1 Å². The van der Waals surface area contributed by atoms with Gasteiger partial charge in [0.2, 0.25) is 0 Å². The van der Waals surface area contributed by atoms with E-state index in [2.05, 4.69) is 15.3 Å². The molecule has 0 fully saturated rings. The first-order valence-corrected chi connectivity index (χ1v) is 8.76. The minimum absolute atomic E-state index is 0.189. The van der Waals surface area contributed by atoms with Crippen LogP contribution in [0.5, 0.6) is 0 Å². The number of aryl methyl sites for hydroxylation is 2. The number of hydrogen-bond acceptors (Lipinski definition) is 4. The molecule has 0 aliphatic heterocycles. The van der Waals surface area contributed by atoms with E-state index in [4.69, 9.17) is 0 Å². The summed E-state index contributed by atoms with van der Waals surface area (Å²) >= 11 is 1.61. The Labute approximate surface area is 138 Å². The minimum atomic E-state index is -0.189. The number of rotatable bonds is 2. The second kappa shape index (κ2) is 6.08. The Morgan fingerprint density at radius 1 is 1.09 bits per heavy atom. The molecular weight excluding hydrogens is 306 g/mol. The molecular formula is C18H17N3OS. The van der Waals surface area contributed by atoms with Crippen LogP contribution in [-0.2, 0) is 12.8 Å². The van der Waals surface area contributed by atoms with Crippen LogP contribution in [0, 0.1) is 0 Å². The van der Waals surface area contributed by atoms with E-state index in [1.165, 1.54) is 24.1 Å². The predicted octanol–water partition coefficient (Wildman–Crippen LogP) is 4.21. The topological polar surface area (TPSA) is 54.9 Å². The maximum absolute atomic E-state index is 12.6. The molecule has 23 heavy (non-hydrogen) atoms. The van der Waals surface area contributed by atoms with Gasteiger partial charge in [-0.15, -0.1) is 11.3 Å². The summed E-state index contributed by atoms with van der Waals surface area (Å²) in [5.41, 5.74) is 1.61. The number of carbonyl (C=O) groups excluding carboxylic acids is 1. The second-order valence-electron chi connectivity index (χ2n) is 5.78. The first-order chi connectivity index (χ1) is 11.3. The van der Waals surface area contributed by atoms with Crippen molar-refractivity contribution in [3.63, 3.8) is 0 Å². The zero-order valence-electron chi connectivity index (χ0n) is 12.7. The van der Waals surface area contributed by atoms with Gasteiger partial charge >= 0.3 is 0 Å². The van der Waals surface area contributed by atoms with Gasteiger partial charge < -0.3 is 0 Å². The van der Waals surface area contributed by atoms with E-state index >= 15 is 0 Å². The van der Waals surface area contributed by atoms with Crippen LogP contribution in [0.3, 0.4) is 0 Å². The molecule has 0 unspecified atom stereocenters. The highest BCUT2D eigenvalue weighted by molar-refractivity contribution is 7.15. The molecule has 1 amide bonds. The fourth-order valence-corrected chi connectivity index (χ4v) is 4.08. The third-order valence-corrected chi connectivity index (χ3v) is 5.28. The van der Waals surface area contributed by atoms with Crippen LogP contribution < -0.4 is 5.32 Å². The zero-order chi connectivity index (χ0) is 15.6. The lowest BCUT2D eigenvalue weighted by Crippen LogP contribution is -2.14. The molecule has 116 valence electrons. The molecule has 0 saturated heterocycles. The van der Waals surface area contributed by atoms with E-state index in [1.54, 1.807) is 17.5 Å². The van der Waals surface area contributed by atoms with Crippen LogP contribution in [0.15, 0.2) is 36.5 Å². The van der Waals surface area contributed by atoms with E-state index < -0.39 is 0 Å². The Hall–Kier alpha value is -2.27. The summed E-state index contributed by atoms with van der Waals surface area (Å²) in [7, 11) is 0. The number of anilines is 1. The Morgan fingerprint density at radius 3 is 2.91 bits per heavy atom. The van der Waals surface area contributed by atoms with Crippen LogP contribution in [0.4, 0.5) is 5.13 Å². The summed E-state index contributed by atoms with van der Waals surface area (Å²) in [6, 6.07) is 9.71. The van der Waals surface area contributed by atoms with Crippen molar-refractivity contribution < 1.29 is 4.79 Å². The van der Waals surface area contributed by atoms with E-state index in [-0.39, 0.29) is 5.91 Å². The van der Waals surface area contributed by atoms with Crippen molar-refractivity contribution in [3.8, 4) is 0 Å². The summed E-state index contributed by atoms with van der Waals surface area (Å²) in [6.45, 7) is 0. The fraction of sp³-hybridized carbons (Fsp3) is 0.278. The number of hydrogen-bond donors (Lipinski definition) is 1. The van der Waals surface area contributed by atoms with Gasteiger partial charge in [-0.3, -0.25) is 15.1 Å². The highest BCUT2D eigenvalue weighted by Crippen LogP contribution is 2.29.